The van der Waals surface area contributed by atoms with Crippen molar-refractivity contribution < 1.29 is 9.47 Å². The lowest BCUT2D eigenvalue weighted by Crippen LogP contribution is -2.18. The summed E-state index contributed by atoms with van der Waals surface area (Å²) < 4.78 is 11.1. The van der Waals surface area contributed by atoms with E-state index in [0.29, 0.717) is 0 Å². The highest BCUT2D eigenvalue weighted by Gasteiger charge is 2.23. The summed E-state index contributed by atoms with van der Waals surface area (Å²) in [7, 11) is 3.47. The highest BCUT2D eigenvalue weighted by Crippen LogP contribution is 2.40. The van der Waals surface area contributed by atoms with Crippen LogP contribution in [-0.4, -0.2) is 20.3 Å². The molecule has 0 aromatic heterocycles. The second kappa shape index (κ2) is 4.96. The first-order chi connectivity index (χ1) is 8.17. The average Bonchev–Trinajstić information content (AvgIpc) is 2.76. The van der Waals surface area contributed by atoms with Gasteiger partial charge in [-0.2, -0.15) is 0 Å². The number of rotatable bonds is 4. The average molecular weight is 235 g/mol. The summed E-state index contributed by atoms with van der Waals surface area (Å²) in [5.74, 6) is 2.02. The highest BCUT2D eigenvalue weighted by molar-refractivity contribution is 5.56. The highest BCUT2D eigenvalue weighted by atomic mass is 16.5. The molecule has 0 unspecified atom stereocenters. The molecule has 0 aliphatic heterocycles. The minimum Gasteiger partial charge on any atom is -0.496 e. The van der Waals surface area contributed by atoms with Crippen LogP contribution in [0, 0.1) is 0 Å². The van der Waals surface area contributed by atoms with E-state index in [1.165, 1.54) is 23.1 Å². The third-order valence-corrected chi connectivity index (χ3v) is 3.35. The molecule has 1 aromatic carbocycles. The summed E-state index contributed by atoms with van der Waals surface area (Å²) in [4.78, 5) is 0. The van der Waals surface area contributed by atoms with Crippen LogP contribution in [0.5, 0.6) is 11.5 Å². The number of benzene rings is 1. The Labute approximate surface area is 103 Å². The minimum atomic E-state index is 0.132. The van der Waals surface area contributed by atoms with Crippen molar-refractivity contribution in [1.29, 1.82) is 0 Å². The quantitative estimate of drug-likeness (QED) is 0.869. The van der Waals surface area contributed by atoms with Gasteiger partial charge in [-0.1, -0.05) is 0 Å². The molecule has 94 valence electrons. The summed E-state index contributed by atoms with van der Waals surface area (Å²) in [6.07, 6.45) is 4.19. The topological polar surface area (TPSA) is 44.5 Å². The SMILES string of the molecule is COc1cc(C[C@H](C)N)c(OC)c2c1CCC2. The van der Waals surface area contributed by atoms with Crippen LogP contribution >= 0.6 is 0 Å². The molecule has 1 aliphatic rings. The largest absolute Gasteiger partial charge is 0.496 e. The third-order valence-electron chi connectivity index (χ3n) is 3.35. The Bertz CT molecular complexity index is 413. The van der Waals surface area contributed by atoms with Crippen LogP contribution in [0.3, 0.4) is 0 Å². The Morgan fingerprint density at radius 1 is 1.24 bits per heavy atom. The predicted molar refractivity (Wildman–Crippen MR) is 68.9 cm³/mol. The Balaban J connectivity index is 2.51. The Morgan fingerprint density at radius 3 is 2.53 bits per heavy atom. The van der Waals surface area contributed by atoms with Gasteiger partial charge in [0.05, 0.1) is 14.2 Å². The van der Waals surface area contributed by atoms with Crippen molar-refractivity contribution in [3.05, 3.63) is 22.8 Å². The summed E-state index contributed by atoms with van der Waals surface area (Å²) in [6.45, 7) is 2.01. The van der Waals surface area contributed by atoms with Crippen LogP contribution < -0.4 is 15.2 Å². The normalized spacial score (nSPS) is 15.5. The fourth-order valence-electron chi connectivity index (χ4n) is 2.71. The van der Waals surface area contributed by atoms with E-state index < -0.39 is 0 Å². The molecule has 0 amide bonds. The molecule has 2 N–H and O–H groups in total. The third kappa shape index (κ3) is 2.25. The van der Waals surface area contributed by atoms with Gasteiger partial charge in [0.1, 0.15) is 11.5 Å². The fourth-order valence-corrected chi connectivity index (χ4v) is 2.71. The van der Waals surface area contributed by atoms with Crippen LogP contribution in [0.4, 0.5) is 0 Å². The molecule has 3 heteroatoms. The van der Waals surface area contributed by atoms with E-state index in [9.17, 15) is 0 Å². The van der Waals surface area contributed by atoms with Gasteiger partial charge in [-0.15, -0.1) is 0 Å². The first-order valence-corrected chi connectivity index (χ1v) is 6.18. The molecule has 2 rings (SSSR count). The molecule has 0 fully saturated rings. The molecular weight excluding hydrogens is 214 g/mol. The zero-order valence-corrected chi connectivity index (χ0v) is 10.9. The number of methoxy groups -OCH3 is 2. The van der Waals surface area contributed by atoms with Crippen LogP contribution in [0.1, 0.15) is 30.0 Å². The molecule has 0 saturated heterocycles. The van der Waals surface area contributed by atoms with Crippen LogP contribution in [0.15, 0.2) is 6.07 Å². The Morgan fingerprint density at radius 2 is 1.94 bits per heavy atom. The van der Waals surface area contributed by atoms with Crippen molar-refractivity contribution in [2.45, 2.75) is 38.6 Å². The van der Waals surface area contributed by atoms with E-state index in [0.717, 1.165) is 30.8 Å². The van der Waals surface area contributed by atoms with Crippen molar-refractivity contribution in [3.8, 4) is 11.5 Å². The van der Waals surface area contributed by atoms with E-state index in [2.05, 4.69) is 6.07 Å². The molecule has 17 heavy (non-hydrogen) atoms. The van der Waals surface area contributed by atoms with Crippen molar-refractivity contribution in [1.82, 2.24) is 0 Å². The predicted octanol–water partition coefficient (Wildman–Crippen LogP) is 2.08. The van der Waals surface area contributed by atoms with Crippen molar-refractivity contribution in [2.24, 2.45) is 5.73 Å². The van der Waals surface area contributed by atoms with Gasteiger partial charge in [-0.3, -0.25) is 0 Å². The molecule has 0 heterocycles. The molecule has 3 nitrogen and oxygen atoms in total. The van der Waals surface area contributed by atoms with Gasteiger partial charge in [0.15, 0.2) is 0 Å². The monoisotopic (exact) mass is 235 g/mol. The maximum Gasteiger partial charge on any atom is 0.125 e. The van der Waals surface area contributed by atoms with E-state index in [1.807, 2.05) is 6.92 Å². The summed E-state index contributed by atoms with van der Waals surface area (Å²) in [6, 6.07) is 2.22. The molecule has 1 atom stereocenters. The van der Waals surface area contributed by atoms with Crippen molar-refractivity contribution in [3.63, 3.8) is 0 Å². The smallest absolute Gasteiger partial charge is 0.125 e. The zero-order chi connectivity index (χ0) is 12.4. The van der Waals surface area contributed by atoms with Crippen LogP contribution in [-0.2, 0) is 19.3 Å². The molecule has 0 spiro atoms. The van der Waals surface area contributed by atoms with E-state index in [1.54, 1.807) is 14.2 Å². The lowest BCUT2D eigenvalue weighted by Gasteiger charge is -2.17. The summed E-state index contributed by atoms with van der Waals surface area (Å²) in [5.41, 5.74) is 9.69. The number of hydrogen-bond donors (Lipinski definition) is 1. The first kappa shape index (κ1) is 12.2. The van der Waals surface area contributed by atoms with Gasteiger partial charge in [0.25, 0.3) is 0 Å². The molecule has 1 aromatic rings. The first-order valence-electron chi connectivity index (χ1n) is 6.18. The number of fused-ring (bicyclic) bond motifs is 1. The molecule has 0 saturated carbocycles. The van der Waals surface area contributed by atoms with Gasteiger partial charge in [-0.05, 0) is 44.2 Å². The minimum absolute atomic E-state index is 0.132. The summed E-state index contributed by atoms with van der Waals surface area (Å²) in [5, 5.41) is 0. The van der Waals surface area contributed by atoms with Gasteiger partial charge < -0.3 is 15.2 Å². The van der Waals surface area contributed by atoms with Crippen molar-refractivity contribution >= 4 is 0 Å². The van der Waals surface area contributed by atoms with E-state index in [-0.39, 0.29) is 6.04 Å². The van der Waals surface area contributed by atoms with Crippen LogP contribution in [0.25, 0.3) is 0 Å². The second-order valence-electron chi connectivity index (χ2n) is 4.76. The van der Waals surface area contributed by atoms with E-state index in [4.69, 9.17) is 15.2 Å². The maximum absolute atomic E-state index is 5.89. The van der Waals surface area contributed by atoms with Gasteiger partial charge in [0.2, 0.25) is 0 Å². The molecule has 0 bridgehead atoms. The van der Waals surface area contributed by atoms with Gasteiger partial charge in [0, 0.05) is 17.2 Å². The molecule has 0 radical (unpaired) electrons. The maximum atomic E-state index is 5.89. The van der Waals surface area contributed by atoms with Crippen molar-refractivity contribution in [2.75, 3.05) is 14.2 Å². The number of hydrogen-bond acceptors (Lipinski definition) is 3. The molecule has 1 aliphatic carbocycles. The number of ether oxygens (including phenoxy) is 2. The Kier molecular flexibility index (Phi) is 3.57. The van der Waals surface area contributed by atoms with E-state index >= 15 is 0 Å². The molecular formula is C14H21NO2. The van der Waals surface area contributed by atoms with Gasteiger partial charge in [-0.25, -0.2) is 0 Å². The lowest BCUT2D eigenvalue weighted by atomic mass is 9.99. The fraction of sp³-hybridized carbons (Fsp3) is 0.571. The van der Waals surface area contributed by atoms with Crippen LogP contribution in [0.2, 0.25) is 0 Å². The van der Waals surface area contributed by atoms with Gasteiger partial charge >= 0.3 is 0 Å². The number of nitrogens with two attached hydrogens (primary N) is 1. The lowest BCUT2D eigenvalue weighted by molar-refractivity contribution is 0.392. The second-order valence-corrected chi connectivity index (χ2v) is 4.76. The Hall–Kier alpha value is -1.22. The zero-order valence-electron chi connectivity index (χ0n) is 10.9. The summed E-state index contributed by atoms with van der Waals surface area (Å²) >= 11 is 0. The standard InChI is InChI=1S/C14H21NO2/c1-9(15)7-10-8-13(16-2)11-5-4-6-12(11)14(10)17-3/h8-9H,4-7,15H2,1-3H3/t9-/m0/s1.